The van der Waals surface area contributed by atoms with E-state index in [1.165, 1.54) is 5.56 Å². The van der Waals surface area contributed by atoms with Gasteiger partial charge in [-0.05, 0) is 50.7 Å². The smallest absolute Gasteiger partial charge is 0.274 e. The molecule has 25 heavy (non-hydrogen) atoms. The van der Waals surface area contributed by atoms with Crippen LogP contribution in [0.3, 0.4) is 0 Å². The number of aromatic nitrogens is 2. The van der Waals surface area contributed by atoms with Gasteiger partial charge in [-0.15, -0.1) is 0 Å². The lowest BCUT2D eigenvalue weighted by molar-refractivity contribution is 0.402. The third kappa shape index (κ3) is 3.69. The van der Waals surface area contributed by atoms with Gasteiger partial charge in [-0.2, -0.15) is 0 Å². The van der Waals surface area contributed by atoms with Gasteiger partial charge >= 0.3 is 0 Å². The molecule has 0 saturated heterocycles. The number of nitrogens with zero attached hydrogens (tertiary/aromatic N) is 2. The van der Waals surface area contributed by atoms with Crippen molar-refractivity contribution in [2.75, 3.05) is 14.1 Å². The summed E-state index contributed by atoms with van der Waals surface area (Å²) >= 11 is 0. The molecule has 1 N–H and O–H groups in total. The number of rotatable bonds is 6. The number of fused-ring (bicyclic) bond motifs is 1. The van der Waals surface area contributed by atoms with Crippen LogP contribution in [0.4, 0.5) is 0 Å². The number of unbranched alkanes of at least 4 members (excludes halogenated alkanes) is 1. The molecule has 0 spiro atoms. The lowest BCUT2D eigenvalue weighted by Gasteiger charge is -2.13. The molecule has 2 heterocycles. The Labute approximate surface area is 149 Å². The maximum Gasteiger partial charge on any atom is 0.274 e. The third-order valence-electron chi connectivity index (χ3n) is 4.49. The van der Waals surface area contributed by atoms with Gasteiger partial charge in [0.15, 0.2) is 0 Å². The monoisotopic (exact) mass is 337 g/mol. The van der Waals surface area contributed by atoms with Crippen LogP contribution in [0, 0.1) is 6.92 Å². The van der Waals surface area contributed by atoms with Gasteiger partial charge in [-0.1, -0.05) is 31.5 Å². The fourth-order valence-corrected chi connectivity index (χ4v) is 3.32. The first-order chi connectivity index (χ1) is 12.0. The molecule has 2 aromatic heterocycles. The Morgan fingerprint density at radius 2 is 2.00 bits per heavy atom. The van der Waals surface area contributed by atoms with Gasteiger partial charge in [0, 0.05) is 35.9 Å². The lowest BCUT2D eigenvalue weighted by atomic mass is 10.0. The average Bonchev–Trinajstić information content (AvgIpc) is 2.96. The van der Waals surface area contributed by atoms with Crippen molar-refractivity contribution >= 4 is 10.9 Å². The highest BCUT2D eigenvalue weighted by Gasteiger charge is 2.13. The van der Waals surface area contributed by atoms with Crippen LogP contribution in [0.5, 0.6) is 0 Å². The largest absolute Gasteiger partial charge is 0.354 e. The van der Waals surface area contributed by atoms with Gasteiger partial charge in [-0.25, -0.2) is 0 Å². The number of nitrogens with one attached hydrogen (secondary N) is 1. The predicted molar refractivity (Wildman–Crippen MR) is 105 cm³/mol. The Balaban J connectivity index is 2.17. The van der Waals surface area contributed by atoms with Crippen LogP contribution in [0.2, 0.25) is 0 Å². The van der Waals surface area contributed by atoms with E-state index in [0.717, 1.165) is 48.1 Å². The highest BCUT2D eigenvalue weighted by Crippen LogP contribution is 2.28. The van der Waals surface area contributed by atoms with E-state index >= 15 is 0 Å². The summed E-state index contributed by atoms with van der Waals surface area (Å²) in [6.07, 6.45) is 4.11. The molecule has 4 heteroatoms. The Morgan fingerprint density at radius 3 is 2.72 bits per heavy atom. The van der Waals surface area contributed by atoms with E-state index in [4.69, 9.17) is 0 Å². The molecule has 4 nitrogen and oxygen atoms in total. The van der Waals surface area contributed by atoms with Crippen molar-refractivity contribution in [2.45, 2.75) is 39.8 Å². The van der Waals surface area contributed by atoms with Crippen molar-refractivity contribution in [3.8, 4) is 11.1 Å². The average molecular weight is 337 g/mol. The highest BCUT2D eigenvalue weighted by molar-refractivity contribution is 5.94. The maximum absolute atomic E-state index is 12.8. The Hall–Kier alpha value is -2.33. The van der Waals surface area contributed by atoms with Crippen molar-refractivity contribution < 1.29 is 0 Å². The molecule has 0 bridgehead atoms. The van der Waals surface area contributed by atoms with E-state index < -0.39 is 0 Å². The molecule has 0 saturated carbocycles. The summed E-state index contributed by atoms with van der Waals surface area (Å²) < 4.78 is 1.86. The first-order valence-corrected chi connectivity index (χ1v) is 8.96. The fraction of sp³-hybridized carbons (Fsp3) is 0.381. The first kappa shape index (κ1) is 17.5. The zero-order chi connectivity index (χ0) is 18.0. The second kappa shape index (κ2) is 7.28. The molecule has 0 amide bonds. The summed E-state index contributed by atoms with van der Waals surface area (Å²) in [6, 6.07) is 10.7. The second-order valence-corrected chi connectivity index (χ2v) is 7.07. The number of H-pyrrole nitrogens is 1. The molecule has 0 aliphatic rings. The topological polar surface area (TPSA) is 41.0 Å². The lowest BCUT2D eigenvalue weighted by Crippen LogP contribution is -2.20. The Kier molecular flexibility index (Phi) is 5.09. The molecule has 3 rings (SSSR count). The molecule has 1 aromatic carbocycles. The minimum atomic E-state index is 0.0738. The molecule has 0 radical (unpaired) electrons. The van der Waals surface area contributed by atoms with Gasteiger partial charge < -0.3 is 14.5 Å². The van der Waals surface area contributed by atoms with E-state index in [9.17, 15) is 4.79 Å². The highest BCUT2D eigenvalue weighted by atomic mass is 16.1. The molecule has 132 valence electrons. The number of pyridine rings is 1. The molecule has 0 unspecified atom stereocenters. The molecule has 3 aromatic rings. The maximum atomic E-state index is 12.8. The van der Waals surface area contributed by atoms with Crippen molar-refractivity contribution in [1.29, 1.82) is 0 Å². The summed E-state index contributed by atoms with van der Waals surface area (Å²) in [5, 5.41) is 1.01. The minimum absolute atomic E-state index is 0.0738. The first-order valence-electron chi connectivity index (χ1n) is 8.96. The van der Waals surface area contributed by atoms with Gasteiger partial charge in [0.1, 0.15) is 5.52 Å². The zero-order valence-corrected chi connectivity index (χ0v) is 15.6. The third-order valence-corrected chi connectivity index (χ3v) is 4.49. The van der Waals surface area contributed by atoms with E-state index in [1.54, 1.807) is 0 Å². The summed E-state index contributed by atoms with van der Waals surface area (Å²) in [5.41, 5.74) is 5.36. The number of hydrogen-bond acceptors (Lipinski definition) is 2. The van der Waals surface area contributed by atoms with Gasteiger partial charge in [0.25, 0.3) is 5.56 Å². The van der Waals surface area contributed by atoms with E-state index in [2.05, 4.69) is 61.2 Å². The summed E-state index contributed by atoms with van der Waals surface area (Å²) in [7, 11) is 4.15. The van der Waals surface area contributed by atoms with Crippen LogP contribution >= 0.6 is 0 Å². The van der Waals surface area contributed by atoms with Crippen molar-refractivity contribution in [3.05, 3.63) is 58.1 Å². The van der Waals surface area contributed by atoms with Crippen LogP contribution < -0.4 is 5.56 Å². The summed E-state index contributed by atoms with van der Waals surface area (Å²) in [4.78, 5) is 18.2. The van der Waals surface area contributed by atoms with E-state index in [0.29, 0.717) is 5.52 Å². The van der Waals surface area contributed by atoms with Crippen LogP contribution in [0.15, 0.2) is 41.3 Å². The number of aryl methyl sites for hydroxylation is 2. The van der Waals surface area contributed by atoms with Crippen LogP contribution in [-0.4, -0.2) is 28.5 Å². The number of benzene rings is 1. The molecule has 0 aliphatic heterocycles. The second-order valence-electron chi connectivity index (χ2n) is 7.07. The molecular formula is C21H27N3O. The summed E-state index contributed by atoms with van der Waals surface area (Å²) in [5.74, 6) is 0. The van der Waals surface area contributed by atoms with Gasteiger partial charge in [-0.3, -0.25) is 4.79 Å². The zero-order valence-electron chi connectivity index (χ0n) is 15.6. The molecule has 0 aliphatic carbocycles. The number of aromatic amines is 1. The van der Waals surface area contributed by atoms with E-state index in [1.807, 2.05) is 17.7 Å². The number of hydrogen-bond donors (Lipinski definition) is 1. The van der Waals surface area contributed by atoms with Crippen LogP contribution in [0.25, 0.3) is 22.0 Å². The predicted octanol–water partition coefficient (Wildman–Crippen LogP) is 4.17. The van der Waals surface area contributed by atoms with Crippen molar-refractivity contribution in [3.63, 3.8) is 0 Å². The standard InChI is InChI=1S/C21H27N3O/c1-5-6-10-24-14-19(18-11-15(2)22-20(18)21(24)25)17-9-7-8-16(12-17)13-23(3)4/h7-9,11-12,14,22H,5-6,10,13H2,1-4H3. The fourth-order valence-electron chi connectivity index (χ4n) is 3.32. The van der Waals surface area contributed by atoms with Crippen LogP contribution in [-0.2, 0) is 13.1 Å². The molecule has 0 fully saturated rings. The van der Waals surface area contributed by atoms with Crippen molar-refractivity contribution in [2.24, 2.45) is 0 Å². The SMILES string of the molecule is CCCCn1cc(-c2cccc(CN(C)C)c2)c2cc(C)[nH]c2c1=O. The van der Waals surface area contributed by atoms with Gasteiger partial charge in [0.05, 0.1) is 0 Å². The summed E-state index contributed by atoms with van der Waals surface area (Å²) in [6.45, 7) is 5.81. The minimum Gasteiger partial charge on any atom is -0.354 e. The van der Waals surface area contributed by atoms with Crippen LogP contribution in [0.1, 0.15) is 31.0 Å². The normalized spacial score (nSPS) is 11.6. The van der Waals surface area contributed by atoms with E-state index in [-0.39, 0.29) is 5.56 Å². The quantitative estimate of drug-likeness (QED) is 0.733. The Morgan fingerprint density at radius 1 is 1.20 bits per heavy atom. The Bertz CT molecular complexity index is 934. The van der Waals surface area contributed by atoms with Crippen molar-refractivity contribution in [1.82, 2.24) is 14.5 Å². The van der Waals surface area contributed by atoms with Gasteiger partial charge in [0.2, 0.25) is 0 Å². The molecular weight excluding hydrogens is 310 g/mol. The molecule has 0 atom stereocenters.